The average molecular weight is 172 g/mol. The quantitative estimate of drug-likeness (QED) is 0.546. The second-order valence-electron chi connectivity index (χ2n) is 3.30. The van der Waals surface area contributed by atoms with Crippen molar-refractivity contribution in [1.82, 2.24) is 4.90 Å². The Morgan fingerprint density at radius 2 is 2.33 bits per heavy atom. The number of nitrogens with two attached hydrogens (primary N) is 1. The Bertz CT molecular complexity index is 172. The zero-order valence-corrected chi connectivity index (χ0v) is 7.62. The van der Waals surface area contributed by atoms with Gasteiger partial charge in [-0.2, -0.15) is 0 Å². The second-order valence-corrected chi connectivity index (χ2v) is 3.30. The van der Waals surface area contributed by atoms with Gasteiger partial charge in [-0.15, -0.1) is 0 Å². The van der Waals surface area contributed by atoms with Crippen LogP contribution in [0.3, 0.4) is 0 Å². The summed E-state index contributed by atoms with van der Waals surface area (Å²) in [5, 5.41) is 0. The van der Waals surface area contributed by atoms with E-state index in [0.29, 0.717) is 6.42 Å². The van der Waals surface area contributed by atoms with Crippen LogP contribution in [0.5, 0.6) is 0 Å². The molecule has 1 rings (SSSR count). The maximum Gasteiger partial charge on any atom is 0.323 e. The fourth-order valence-corrected chi connectivity index (χ4v) is 1.52. The molecule has 70 valence electrons. The van der Waals surface area contributed by atoms with Gasteiger partial charge in [0.2, 0.25) is 0 Å². The number of carbonyl (C=O) groups excluding carboxylic acids is 1. The zero-order valence-electron chi connectivity index (χ0n) is 7.62. The van der Waals surface area contributed by atoms with Crippen LogP contribution in [-0.4, -0.2) is 43.7 Å². The van der Waals surface area contributed by atoms with Gasteiger partial charge in [-0.05, 0) is 19.9 Å². The number of hydrogen-bond donors (Lipinski definition) is 1. The Balaban J connectivity index is 2.54. The van der Waals surface area contributed by atoms with Gasteiger partial charge in [-0.25, -0.2) is 0 Å². The highest BCUT2D eigenvalue weighted by Gasteiger charge is 2.30. The summed E-state index contributed by atoms with van der Waals surface area (Å²) in [5.41, 5.74) is 5.75. The molecular formula is C8H16N2O2. The van der Waals surface area contributed by atoms with E-state index in [9.17, 15) is 4.79 Å². The first kappa shape index (κ1) is 9.48. The highest BCUT2D eigenvalue weighted by Crippen LogP contribution is 2.14. The van der Waals surface area contributed by atoms with E-state index in [1.807, 2.05) is 11.9 Å². The Labute approximate surface area is 72.7 Å². The topological polar surface area (TPSA) is 55.6 Å². The SMILES string of the molecule is COC(=O)C1CC(N)CCN1C. The number of carbonyl (C=O) groups is 1. The van der Waals surface area contributed by atoms with Gasteiger partial charge >= 0.3 is 5.97 Å². The molecule has 4 nitrogen and oxygen atoms in total. The molecular weight excluding hydrogens is 156 g/mol. The van der Waals surface area contributed by atoms with Crippen molar-refractivity contribution in [2.45, 2.75) is 24.9 Å². The number of rotatable bonds is 1. The van der Waals surface area contributed by atoms with E-state index in [1.165, 1.54) is 7.11 Å². The average Bonchev–Trinajstić information content (AvgIpc) is 2.08. The molecule has 1 fully saturated rings. The first-order chi connectivity index (χ1) is 5.65. The fourth-order valence-electron chi connectivity index (χ4n) is 1.52. The van der Waals surface area contributed by atoms with Gasteiger partial charge in [0.1, 0.15) is 6.04 Å². The highest BCUT2D eigenvalue weighted by molar-refractivity contribution is 5.75. The molecule has 0 spiro atoms. The van der Waals surface area contributed by atoms with Crippen LogP contribution in [0, 0.1) is 0 Å². The number of likely N-dealkylation sites (N-methyl/N-ethyl adjacent to an activating group) is 1. The number of hydrogen-bond acceptors (Lipinski definition) is 4. The molecule has 0 bridgehead atoms. The molecule has 0 amide bonds. The van der Waals surface area contributed by atoms with E-state index in [-0.39, 0.29) is 18.1 Å². The highest BCUT2D eigenvalue weighted by atomic mass is 16.5. The van der Waals surface area contributed by atoms with E-state index >= 15 is 0 Å². The Hall–Kier alpha value is -0.610. The molecule has 1 aliphatic rings. The number of esters is 1. The third-order valence-corrected chi connectivity index (χ3v) is 2.38. The van der Waals surface area contributed by atoms with Crippen LogP contribution in [0.1, 0.15) is 12.8 Å². The van der Waals surface area contributed by atoms with Gasteiger partial charge in [0.15, 0.2) is 0 Å². The number of methoxy groups -OCH3 is 1. The van der Waals surface area contributed by atoms with E-state index in [0.717, 1.165) is 13.0 Å². The predicted octanol–water partition coefficient (Wildman–Crippen LogP) is -0.419. The van der Waals surface area contributed by atoms with Crippen molar-refractivity contribution in [3.8, 4) is 0 Å². The molecule has 4 heteroatoms. The maximum atomic E-state index is 11.2. The lowest BCUT2D eigenvalue weighted by molar-refractivity contribution is -0.147. The summed E-state index contributed by atoms with van der Waals surface area (Å²) >= 11 is 0. The fraction of sp³-hybridized carbons (Fsp3) is 0.875. The van der Waals surface area contributed by atoms with Crippen LogP contribution in [0.15, 0.2) is 0 Å². The summed E-state index contributed by atoms with van der Waals surface area (Å²) in [6.45, 7) is 0.876. The third kappa shape index (κ3) is 1.95. The lowest BCUT2D eigenvalue weighted by atomic mass is 9.99. The van der Waals surface area contributed by atoms with Crippen LogP contribution in [0.2, 0.25) is 0 Å². The summed E-state index contributed by atoms with van der Waals surface area (Å²) in [6, 6.07) is 0.00375. The summed E-state index contributed by atoms with van der Waals surface area (Å²) in [5.74, 6) is -0.173. The smallest absolute Gasteiger partial charge is 0.323 e. The molecule has 0 radical (unpaired) electrons. The molecule has 2 N–H and O–H groups in total. The van der Waals surface area contributed by atoms with E-state index in [4.69, 9.17) is 5.73 Å². The van der Waals surface area contributed by atoms with Gasteiger partial charge in [-0.3, -0.25) is 9.69 Å². The molecule has 2 atom stereocenters. The second kappa shape index (κ2) is 3.87. The number of nitrogens with zero attached hydrogens (tertiary/aromatic N) is 1. The molecule has 12 heavy (non-hydrogen) atoms. The molecule has 1 heterocycles. The monoisotopic (exact) mass is 172 g/mol. The van der Waals surface area contributed by atoms with Crippen molar-refractivity contribution in [2.75, 3.05) is 20.7 Å². The first-order valence-electron chi connectivity index (χ1n) is 4.18. The normalized spacial score (nSPS) is 31.6. The van der Waals surface area contributed by atoms with Gasteiger partial charge in [0.05, 0.1) is 7.11 Å². The van der Waals surface area contributed by atoms with Crippen molar-refractivity contribution in [3.05, 3.63) is 0 Å². The van der Waals surface area contributed by atoms with Gasteiger partial charge < -0.3 is 10.5 Å². The van der Waals surface area contributed by atoms with E-state index in [2.05, 4.69) is 4.74 Å². The van der Waals surface area contributed by atoms with Crippen molar-refractivity contribution in [3.63, 3.8) is 0 Å². The van der Waals surface area contributed by atoms with Gasteiger partial charge in [-0.1, -0.05) is 0 Å². The lowest BCUT2D eigenvalue weighted by Crippen LogP contribution is -2.49. The number of likely N-dealkylation sites (tertiary alicyclic amines) is 1. The van der Waals surface area contributed by atoms with Crippen LogP contribution in [-0.2, 0) is 9.53 Å². The Morgan fingerprint density at radius 3 is 2.92 bits per heavy atom. The summed E-state index contributed by atoms with van der Waals surface area (Å²) < 4.78 is 4.67. The summed E-state index contributed by atoms with van der Waals surface area (Å²) in [7, 11) is 3.34. The van der Waals surface area contributed by atoms with E-state index in [1.54, 1.807) is 0 Å². The molecule has 0 aromatic heterocycles. The van der Waals surface area contributed by atoms with Gasteiger partial charge in [0, 0.05) is 12.6 Å². The number of ether oxygens (including phenoxy) is 1. The first-order valence-corrected chi connectivity index (χ1v) is 4.18. The Morgan fingerprint density at radius 1 is 1.67 bits per heavy atom. The molecule has 1 saturated heterocycles. The van der Waals surface area contributed by atoms with Crippen LogP contribution >= 0.6 is 0 Å². The molecule has 0 aromatic carbocycles. The maximum absolute atomic E-state index is 11.2. The van der Waals surface area contributed by atoms with Crippen molar-refractivity contribution in [2.24, 2.45) is 5.73 Å². The van der Waals surface area contributed by atoms with Gasteiger partial charge in [0.25, 0.3) is 0 Å². The minimum atomic E-state index is -0.173. The van der Waals surface area contributed by atoms with Crippen molar-refractivity contribution < 1.29 is 9.53 Å². The van der Waals surface area contributed by atoms with Crippen LogP contribution < -0.4 is 5.73 Å². The number of piperidine rings is 1. The molecule has 0 aromatic rings. The minimum absolute atomic E-state index is 0.140. The molecule has 2 unspecified atom stereocenters. The predicted molar refractivity (Wildman–Crippen MR) is 45.6 cm³/mol. The summed E-state index contributed by atoms with van der Waals surface area (Å²) in [6.07, 6.45) is 1.67. The Kier molecular flexibility index (Phi) is 3.05. The largest absolute Gasteiger partial charge is 0.468 e. The van der Waals surface area contributed by atoms with E-state index < -0.39 is 0 Å². The van der Waals surface area contributed by atoms with Crippen molar-refractivity contribution >= 4 is 5.97 Å². The minimum Gasteiger partial charge on any atom is -0.468 e. The molecule has 0 aliphatic carbocycles. The molecule has 1 aliphatic heterocycles. The summed E-state index contributed by atoms with van der Waals surface area (Å²) in [4.78, 5) is 13.2. The standard InChI is InChI=1S/C8H16N2O2/c1-10-4-3-6(9)5-7(10)8(11)12-2/h6-7H,3-5,9H2,1-2H3. The third-order valence-electron chi connectivity index (χ3n) is 2.38. The lowest BCUT2D eigenvalue weighted by Gasteiger charge is -2.33. The zero-order chi connectivity index (χ0) is 9.14. The molecule has 0 saturated carbocycles. The van der Waals surface area contributed by atoms with Crippen molar-refractivity contribution in [1.29, 1.82) is 0 Å². The van der Waals surface area contributed by atoms with Crippen LogP contribution in [0.4, 0.5) is 0 Å². The van der Waals surface area contributed by atoms with Crippen LogP contribution in [0.25, 0.3) is 0 Å².